The molecule has 4 rings (SSSR count). The number of aromatic nitrogens is 1. The first-order valence-corrected chi connectivity index (χ1v) is 12.9. The van der Waals surface area contributed by atoms with Crippen molar-refractivity contribution in [3.63, 3.8) is 0 Å². The van der Waals surface area contributed by atoms with Crippen LogP contribution in [0.15, 0.2) is 60.8 Å². The molecule has 0 unspecified atom stereocenters. The van der Waals surface area contributed by atoms with E-state index in [1.165, 1.54) is 17.3 Å². The molecule has 0 spiro atoms. The third kappa shape index (κ3) is 6.31. The molecule has 0 bridgehead atoms. The molecule has 1 saturated heterocycles. The third-order valence-electron chi connectivity index (χ3n) is 6.65. The lowest BCUT2D eigenvalue weighted by molar-refractivity contribution is 0.102. The molecule has 7 heteroatoms. The van der Waals surface area contributed by atoms with E-state index in [2.05, 4.69) is 58.6 Å². The molecule has 0 aliphatic carbocycles. The standard InChI is InChI=1S/C29H34ClN5O/c1-19(2)22-9-11-23(12-10-22)34-29(36)25-17-32-28(26(20(3)31)27(25)30)33-24-13-15-35(16-14-24)18-21-7-5-4-6-8-21/h4-12,17,19,24,31H,13-16,18H2,1-3H3,(H,32,33)(H,34,36). The van der Waals surface area contributed by atoms with Crippen LogP contribution in [0.5, 0.6) is 0 Å². The number of anilines is 2. The fourth-order valence-electron chi connectivity index (χ4n) is 4.52. The Hall–Kier alpha value is -3.22. The predicted octanol–water partition coefficient (Wildman–Crippen LogP) is 6.57. The number of nitrogens with one attached hydrogen (secondary N) is 3. The molecule has 188 valence electrons. The third-order valence-corrected chi connectivity index (χ3v) is 7.04. The van der Waals surface area contributed by atoms with E-state index in [1.807, 2.05) is 30.3 Å². The second kappa shape index (κ2) is 11.7. The van der Waals surface area contributed by atoms with E-state index in [9.17, 15) is 4.79 Å². The van der Waals surface area contributed by atoms with Crippen molar-refractivity contribution >= 4 is 34.7 Å². The zero-order valence-corrected chi connectivity index (χ0v) is 21.9. The largest absolute Gasteiger partial charge is 0.367 e. The maximum Gasteiger partial charge on any atom is 0.258 e. The van der Waals surface area contributed by atoms with E-state index < -0.39 is 0 Å². The van der Waals surface area contributed by atoms with E-state index in [0.29, 0.717) is 23.0 Å². The number of halogens is 1. The van der Waals surface area contributed by atoms with Crippen molar-refractivity contribution in [2.75, 3.05) is 23.7 Å². The smallest absolute Gasteiger partial charge is 0.258 e. The van der Waals surface area contributed by atoms with Crippen LogP contribution >= 0.6 is 11.6 Å². The summed E-state index contributed by atoms with van der Waals surface area (Å²) in [5.41, 5.74) is 4.23. The van der Waals surface area contributed by atoms with Gasteiger partial charge in [0.05, 0.1) is 16.1 Å². The Morgan fingerprint density at radius 3 is 2.39 bits per heavy atom. The molecule has 1 fully saturated rings. The number of hydrogen-bond donors (Lipinski definition) is 3. The van der Waals surface area contributed by atoms with Crippen molar-refractivity contribution in [3.8, 4) is 0 Å². The van der Waals surface area contributed by atoms with Gasteiger partial charge >= 0.3 is 0 Å². The minimum atomic E-state index is -0.340. The number of rotatable bonds is 8. The number of hydrogen-bond acceptors (Lipinski definition) is 5. The number of carbonyl (C=O) groups is 1. The Morgan fingerprint density at radius 2 is 1.78 bits per heavy atom. The Morgan fingerprint density at radius 1 is 1.11 bits per heavy atom. The molecule has 2 heterocycles. The Bertz CT molecular complexity index is 1200. The van der Waals surface area contributed by atoms with E-state index in [0.717, 1.165) is 32.5 Å². The van der Waals surface area contributed by atoms with E-state index >= 15 is 0 Å². The van der Waals surface area contributed by atoms with Crippen LogP contribution in [-0.2, 0) is 6.54 Å². The molecule has 0 radical (unpaired) electrons. The zero-order chi connectivity index (χ0) is 25.7. The number of piperidine rings is 1. The molecule has 2 aromatic carbocycles. The fourth-order valence-corrected chi connectivity index (χ4v) is 4.88. The van der Waals surface area contributed by atoms with E-state index in [1.54, 1.807) is 6.92 Å². The molecule has 1 aliphatic heterocycles. The van der Waals surface area contributed by atoms with Crippen LogP contribution in [0.1, 0.15) is 66.6 Å². The van der Waals surface area contributed by atoms with E-state index in [-0.39, 0.29) is 28.2 Å². The number of carbonyl (C=O) groups excluding carboxylic acids is 1. The van der Waals surface area contributed by atoms with Crippen molar-refractivity contribution in [2.45, 2.75) is 52.1 Å². The number of likely N-dealkylation sites (tertiary alicyclic amines) is 1. The maximum absolute atomic E-state index is 13.0. The first-order valence-electron chi connectivity index (χ1n) is 12.5. The molecular formula is C29H34ClN5O. The summed E-state index contributed by atoms with van der Waals surface area (Å²) in [6.45, 7) is 8.84. The number of nitrogens with zero attached hydrogens (tertiary/aromatic N) is 2. The van der Waals surface area contributed by atoms with Crippen LogP contribution in [0.2, 0.25) is 5.02 Å². The van der Waals surface area contributed by atoms with Gasteiger partial charge in [-0.15, -0.1) is 0 Å². The van der Waals surface area contributed by atoms with Gasteiger partial charge < -0.3 is 16.0 Å². The van der Waals surface area contributed by atoms with Crippen LogP contribution in [0.25, 0.3) is 0 Å². The lowest BCUT2D eigenvalue weighted by Gasteiger charge is -2.33. The molecule has 1 aromatic heterocycles. The summed E-state index contributed by atoms with van der Waals surface area (Å²) in [4.78, 5) is 20.0. The molecule has 3 N–H and O–H groups in total. The highest BCUT2D eigenvalue weighted by Crippen LogP contribution is 2.29. The van der Waals surface area contributed by atoms with Gasteiger partial charge in [-0.2, -0.15) is 0 Å². The van der Waals surface area contributed by atoms with Crippen molar-refractivity contribution in [1.82, 2.24) is 9.88 Å². The summed E-state index contributed by atoms with van der Waals surface area (Å²) in [5, 5.41) is 14.9. The number of benzene rings is 2. The average molecular weight is 504 g/mol. The molecule has 6 nitrogen and oxygen atoms in total. The summed E-state index contributed by atoms with van der Waals surface area (Å²) >= 11 is 6.68. The highest BCUT2D eigenvalue weighted by atomic mass is 35.5. The second-order valence-electron chi connectivity index (χ2n) is 9.75. The van der Waals surface area contributed by atoms with Gasteiger partial charge in [-0.1, -0.05) is 67.9 Å². The average Bonchev–Trinajstić information content (AvgIpc) is 2.86. The summed E-state index contributed by atoms with van der Waals surface area (Å²) in [5.74, 6) is 0.641. The van der Waals surface area contributed by atoms with Gasteiger partial charge in [0.2, 0.25) is 0 Å². The van der Waals surface area contributed by atoms with Gasteiger partial charge in [-0.3, -0.25) is 9.69 Å². The van der Waals surface area contributed by atoms with Crippen molar-refractivity contribution < 1.29 is 4.79 Å². The highest BCUT2D eigenvalue weighted by molar-refractivity contribution is 6.38. The fraction of sp³-hybridized carbons (Fsp3) is 0.345. The monoisotopic (exact) mass is 503 g/mol. The summed E-state index contributed by atoms with van der Waals surface area (Å²) in [6.07, 6.45) is 3.44. The first-order chi connectivity index (χ1) is 17.3. The maximum atomic E-state index is 13.0. The molecule has 3 aromatic rings. The first kappa shape index (κ1) is 25.9. The van der Waals surface area contributed by atoms with Gasteiger partial charge in [-0.05, 0) is 48.9 Å². The number of amides is 1. The molecule has 36 heavy (non-hydrogen) atoms. The van der Waals surface area contributed by atoms with Crippen LogP contribution in [0.3, 0.4) is 0 Å². The summed E-state index contributed by atoms with van der Waals surface area (Å²) < 4.78 is 0. The molecule has 0 saturated carbocycles. The minimum Gasteiger partial charge on any atom is -0.367 e. The Kier molecular flexibility index (Phi) is 8.39. The van der Waals surface area contributed by atoms with Gasteiger partial charge in [0, 0.05) is 43.3 Å². The molecule has 1 aliphatic rings. The lowest BCUT2D eigenvalue weighted by Crippen LogP contribution is -2.39. The Balaban J connectivity index is 1.42. The van der Waals surface area contributed by atoms with Gasteiger partial charge in [-0.25, -0.2) is 4.98 Å². The van der Waals surface area contributed by atoms with Crippen molar-refractivity contribution in [3.05, 3.63) is 88.1 Å². The summed E-state index contributed by atoms with van der Waals surface area (Å²) in [6, 6.07) is 18.5. The quantitative estimate of drug-likeness (QED) is 0.303. The molecule has 1 amide bonds. The van der Waals surface area contributed by atoms with Crippen LogP contribution in [-0.4, -0.2) is 40.6 Å². The molecular weight excluding hydrogens is 470 g/mol. The number of pyridine rings is 1. The van der Waals surface area contributed by atoms with Crippen LogP contribution in [0, 0.1) is 5.41 Å². The van der Waals surface area contributed by atoms with Crippen LogP contribution in [0.4, 0.5) is 11.5 Å². The predicted molar refractivity (Wildman–Crippen MR) is 149 cm³/mol. The van der Waals surface area contributed by atoms with Gasteiger partial charge in [0.1, 0.15) is 5.82 Å². The zero-order valence-electron chi connectivity index (χ0n) is 21.1. The second-order valence-corrected chi connectivity index (χ2v) is 10.1. The van der Waals surface area contributed by atoms with E-state index in [4.69, 9.17) is 17.0 Å². The normalized spacial score (nSPS) is 14.6. The van der Waals surface area contributed by atoms with Crippen LogP contribution < -0.4 is 10.6 Å². The van der Waals surface area contributed by atoms with Gasteiger partial charge in [0.15, 0.2) is 0 Å². The summed E-state index contributed by atoms with van der Waals surface area (Å²) in [7, 11) is 0. The minimum absolute atomic E-state index is 0.234. The Labute approximate surface area is 218 Å². The lowest BCUT2D eigenvalue weighted by atomic mass is 10.0. The van der Waals surface area contributed by atoms with Crippen molar-refractivity contribution in [2.24, 2.45) is 0 Å². The van der Waals surface area contributed by atoms with Crippen molar-refractivity contribution in [1.29, 1.82) is 5.41 Å². The highest BCUT2D eigenvalue weighted by Gasteiger charge is 2.24. The topological polar surface area (TPSA) is 81.1 Å². The molecule has 0 atom stereocenters. The SMILES string of the molecule is CC(=N)c1c(NC2CCN(Cc3ccccc3)CC2)ncc(C(=O)Nc2ccc(C(C)C)cc2)c1Cl. The van der Waals surface area contributed by atoms with Gasteiger partial charge in [0.25, 0.3) is 5.91 Å².